The number of amides is 2. The molecule has 0 saturated carbocycles. The molecular weight excluding hydrogens is 406 g/mol. The van der Waals surface area contributed by atoms with E-state index < -0.39 is 0 Å². The summed E-state index contributed by atoms with van der Waals surface area (Å²) in [5.74, 6) is -0.594. The van der Waals surface area contributed by atoms with Crippen molar-refractivity contribution in [3.05, 3.63) is 82.0 Å². The number of carbonyl (C=O) groups excluding carboxylic acids is 2. The van der Waals surface area contributed by atoms with E-state index in [2.05, 4.69) is 21.7 Å². The lowest BCUT2D eigenvalue weighted by Gasteiger charge is -2.14. The first-order valence-electron chi connectivity index (χ1n) is 10.1. The fraction of sp³-hybridized carbons (Fsp3) is 0.240. The molecule has 160 valence electrons. The number of pyridine rings is 1. The molecule has 0 atom stereocenters. The van der Waals surface area contributed by atoms with Crippen molar-refractivity contribution in [2.24, 2.45) is 0 Å². The van der Waals surface area contributed by atoms with Crippen molar-refractivity contribution in [1.82, 2.24) is 10.3 Å². The summed E-state index contributed by atoms with van der Waals surface area (Å²) in [7, 11) is 0. The van der Waals surface area contributed by atoms with E-state index in [1.54, 1.807) is 18.3 Å². The number of aromatic nitrogens is 1. The first-order chi connectivity index (χ1) is 14.7. The number of benzene rings is 2. The molecule has 1 aromatic heterocycles. The molecule has 1 heterocycles. The Morgan fingerprint density at radius 3 is 2.26 bits per heavy atom. The molecule has 5 nitrogen and oxygen atoms in total. The number of hydrogen-bond donors (Lipinski definition) is 2. The molecule has 3 aromatic rings. The molecule has 2 aromatic carbocycles. The maximum absolute atomic E-state index is 12.8. The molecule has 0 aliphatic rings. The lowest BCUT2D eigenvalue weighted by Crippen LogP contribution is -2.33. The van der Waals surface area contributed by atoms with Crippen LogP contribution in [0.15, 0.2) is 58.6 Å². The summed E-state index contributed by atoms with van der Waals surface area (Å²) in [6, 6.07) is 13.7. The lowest BCUT2D eigenvalue weighted by molar-refractivity contribution is -0.115. The smallest absolute Gasteiger partial charge is 0.254 e. The van der Waals surface area contributed by atoms with Crippen LogP contribution in [0.25, 0.3) is 0 Å². The van der Waals surface area contributed by atoms with Crippen molar-refractivity contribution in [3.8, 4) is 0 Å². The van der Waals surface area contributed by atoms with Crippen LogP contribution in [0, 0.1) is 34.6 Å². The van der Waals surface area contributed by atoms with Crippen LogP contribution in [0.5, 0.6) is 0 Å². The van der Waals surface area contributed by atoms with Crippen LogP contribution in [0.4, 0.5) is 5.69 Å². The molecule has 6 heteroatoms. The molecule has 0 bridgehead atoms. The number of nitrogens with zero attached hydrogens (tertiary/aromatic N) is 1. The largest absolute Gasteiger partial charge is 0.343 e. The highest BCUT2D eigenvalue weighted by molar-refractivity contribution is 7.99. The van der Waals surface area contributed by atoms with Gasteiger partial charge in [0.05, 0.1) is 12.1 Å². The van der Waals surface area contributed by atoms with Crippen molar-refractivity contribution in [2.75, 3.05) is 11.9 Å². The van der Waals surface area contributed by atoms with Gasteiger partial charge in [0.15, 0.2) is 0 Å². The predicted octanol–water partition coefficient (Wildman–Crippen LogP) is 5.14. The summed E-state index contributed by atoms with van der Waals surface area (Å²) in [6.07, 6.45) is 1.66. The molecule has 0 radical (unpaired) electrons. The summed E-state index contributed by atoms with van der Waals surface area (Å²) < 4.78 is 0. The molecule has 31 heavy (non-hydrogen) atoms. The summed E-state index contributed by atoms with van der Waals surface area (Å²) in [5, 5.41) is 6.23. The standard InChI is InChI=1S/C25H27N3O2S/c1-15-8-9-21(17(3)11-15)31-25-20(7-6-10-26-25)24(30)27-14-22(29)28-23-18(4)12-16(2)13-19(23)5/h6-13H,14H2,1-5H3,(H,27,30)(H,28,29). The second-order valence-corrected chi connectivity index (χ2v) is 8.76. The van der Waals surface area contributed by atoms with Gasteiger partial charge < -0.3 is 10.6 Å². The number of carbonyl (C=O) groups is 2. The summed E-state index contributed by atoms with van der Waals surface area (Å²) >= 11 is 1.45. The minimum Gasteiger partial charge on any atom is -0.343 e. The molecular formula is C25H27N3O2S. The maximum Gasteiger partial charge on any atom is 0.254 e. The summed E-state index contributed by atoms with van der Waals surface area (Å²) in [4.78, 5) is 30.7. The molecule has 0 aliphatic carbocycles. The Bertz CT molecular complexity index is 1120. The van der Waals surface area contributed by atoms with Crippen molar-refractivity contribution in [2.45, 2.75) is 44.5 Å². The topological polar surface area (TPSA) is 71.1 Å². The zero-order chi connectivity index (χ0) is 22.5. The van der Waals surface area contributed by atoms with Crippen molar-refractivity contribution < 1.29 is 9.59 Å². The third-order valence-electron chi connectivity index (χ3n) is 4.90. The van der Waals surface area contributed by atoms with Gasteiger partial charge in [0.25, 0.3) is 5.91 Å². The fourth-order valence-corrected chi connectivity index (χ4v) is 4.43. The average Bonchev–Trinajstić information content (AvgIpc) is 2.71. The quantitative estimate of drug-likeness (QED) is 0.564. The number of nitrogens with one attached hydrogen (secondary N) is 2. The van der Waals surface area contributed by atoms with Gasteiger partial charge in [-0.15, -0.1) is 0 Å². The van der Waals surface area contributed by atoms with Gasteiger partial charge in [-0.05, 0) is 69.5 Å². The molecule has 2 amide bonds. The molecule has 0 spiro atoms. The van der Waals surface area contributed by atoms with Crippen LogP contribution in [0.1, 0.15) is 38.2 Å². The van der Waals surface area contributed by atoms with E-state index in [0.717, 1.165) is 32.8 Å². The summed E-state index contributed by atoms with van der Waals surface area (Å²) in [6.45, 7) is 9.91. The van der Waals surface area contributed by atoms with Gasteiger partial charge in [-0.1, -0.05) is 47.2 Å². The third-order valence-corrected chi connectivity index (χ3v) is 6.10. The Hall–Kier alpha value is -3.12. The number of anilines is 1. The number of hydrogen-bond acceptors (Lipinski definition) is 4. The van der Waals surface area contributed by atoms with E-state index in [0.29, 0.717) is 10.6 Å². The summed E-state index contributed by atoms with van der Waals surface area (Å²) in [5.41, 5.74) is 6.69. The van der Waals surface area contributed by atoms with E-state index in [4.69, 9.17) is 0 Å². The zero-order valence-corrected chi connectivity index (χ0v) is 19.3. The van der Waals surface area contributed by atoms with Gasteiger partial charge >= 0.3 is 0 Å². The van der Waals surface area contributed by atoms with Crippen LogP contribution in [0.2, 0.25) is 0 Å². The van der Waals surface area contributed by atoms with Crippen molar-refractivity contribution in [1.29, 1.82) is 0 Å². The fourth-order valence-electron chi connectivity index (χ4n) is 3.48. The van der Waals surface area contributed by atoms with E-state index in [1.165, 1.54) is 17.3 Å². The van der Waals surface area contributed by atoms with Crippen molar-refractivity contribution >= 4 is 29.3 Å². The van der Waals surface area contributed by atoms with Gasteiger partial charge in [0, 0.05) is 16.8 Å². The van der Waals surface area contributed by atoms with Crippen LogP contribution >= 0.6 is 11.8 Å². The first kappa shape index (κ1) is 22.6. The number of rotatable bonds is 6. The molecule has 0 fully saturated rings. The van der Waals surface area contributed by atoms with Crippen LogP contribution in [-0.4, -0.2) is 23.3 Å². The third kappa shape index (κ3) is 5.73. The highest BCUT2D eigenvalue weighted by atomic mass is 32.2. The van der Waals surface area contributed by atoms with E-state index in [-0.39, 0.29) is 18.4 Å². The monoisotopic (exact) mass is 433 g/mol. The molecule has 2 N–H and O–H groups in total. The van der Waals surface area contributed by atoms with Gasteiger partial charge in [0.1, 0.15) is 5.03 Å². The van der Waals surface area contributed by atoms with E-state index >= 15 is 0 Å². The zero-order valence-electron chi connectivity index (χ0n) is 18.5. The number of aryl methyl sites for hydroxylation is 5. The second-order valence-electron chi connectivity index (χ2n) is 7.73. The lowest BCUT2D eigenvalue weighted by atomic mass is 10.1. The average molecular weight is 434 g/mol. The SMILES string of the molecule is Cc1ccc(Sc2ncccc2C(=O)NCC(=O)Nc2c(C)cc(C)cc2C)c(C)c1. The second kappa shape index (κ2) is 9.79. The van der Waals surface area contributed by atoms with Gasteiger partial charge in [-0.2, -0.15) is 0 Å². The molecule has 0 unspecified atom stereocenters. The van der Waals surface area contributed by atoms with Crippen LogP contribution in [-0.2, 0) is 4.79 Å². The van der Waals surface area contributed by atoms with Gasteiger partial charge in [-0.25, -0.2) is 4.98 Å². The highest BCUT2D eigenvalue weighted by Crippen LogP contribution is 2.31. The molecule has 3 rings (SSSR count). The Balaban J connectivity index is 1.68. The molecule has 0 aliphatic heterocycles. The molecule has 0 saturated heterocycles. The van der Waals surface area contributed by atoms with E-state index in [1.807, 2.05) is 58.9 Å². The maximum atomic E-state index is 12.8. The minimum atomic E-state index is -0.326. The van der Waals surface area contributed by atoms with E-state index in [9.17, 15) is 9.59 Å². The Kier molecular flexibility index (Phi) is 7.13. The van der Waals surface area contributed by atoms with Gasteiger partial charge in [0.2, 0.25) is 5.91 Å². The minimum absolute atomic E-state index is 0.117. The normalized spacial score (nSPS) is 10.6. The highest BCUT2D eigenvalue weighted by Gasteiger charge is 2.16. The Morgan fingerprint density at radius 2 is 1.58 bits per heavy atom. The predicted molar refractivity (Wildman–Crippen MR) is 126 cm³/mol. The Morgan fingerprint density at radius 1 is 0.903 bits per heavy atom. The Labute approximate surface area is 187 Å². The van der Waals surface area contributed by atoms with Gasteiger partial charge in [-0.3, -0.25) is 9.59 Å². The van der Waals surface area contributed by atoms with Crippen molar-refractivity contribution in [3.63, 3.8) is 0 Å². The van der Waals surface area contributed by atoms with Crippen LogP contribution in [0.3, 0.4) is 0 Å². The first-order valence-corrected chi connectivity index (χ1v) is 10.9. The van der Waals surface area contributed by atoms with Crippen LogP contribution < -0.4 is 10.6 Å².